The van der Waals surface area contributed by atoms with Crippen LogP contribution in [0.25, 0.3) is 0 Å². The second-order valence-corrected chi connectivity index (χ2v) is 5.93. The highest BCUT2D eigenvalue weighted by Crippen LogP contribution is 2.19. The van der Waals surface area contributed by atoms with Gasteiger partial charge in [-0.25, -0.2) is 0 Å². The van der Waals surface area contributed by atoms with Crippen LogP contribution in [0.3, 0.4) is 0 Å². The van der Waals surface area contributed by atoms with Crippen LogP contribution in [0, 0.1) is 0 Å². The Morgan fingerprint density at radius 3 is 3.19 bits per heavy atom. The molecule has 3 nitrogen and oxygen atoms in total. The lowest BCUT2D eigenvalue weighted by Gasteiger charge is -2.12. The molecule has 0 aliphatic carbocycles. The van der Waals surface area contributed by atoms with Crippen molar-refractivity contribution in [1.82, 2.24) is 9.88 Å². The van der Waals surface area contributed by atoms with Gasteiger partial charge in [-0.15, -0.1) is 0 Å². The smallest absolute Gasteiger partial charge is 0.268 e. The summed E-state index contributed by atoms with van der Waals surface area (Å²) in [6, 6.07) is 2.22. The molecule has 1 unspecified atom stereocenters. The summed E-state index contributed by atoms with van der Waals surface area (Å²) < 4.78 is 2.92. The van der Waals surface area contributed by atoms with Crippen LogP contribution in [0.5, 0.6) is 0 Å². The molecule has 1 aromatic heterocycles. The molecule has 0 saturated carbocycles. The molecule has 0 radical (unpaired) electrons. The Morgan fingerprint density at radius 2 is 2.56 bits per heavy atom. The van der Waals surface area contributed by atoms with Crippen LogP contribution in [0.15, 0.2) is 16.7 Å². The highest BCUT2D eigenvalue weighted by Gasteiger charge is 2.20. The van der Waals surface area contributed by atoms with E-state index in [1.165, 1.54) is 0 Å². The third kappa shape index (κ3) is 2.63. The van der Waals surface area contributed by atoms with Crippen LogP contribution in [-0.4, -0.2) is 28.0 Å². The lowest BCUT2D eigenvalue weighted by molar-refractivity contribution is 0.0932. The molecule has 1 aromatic rings. The van der Waals surface area contributed by atoms with Crippen molar-refractivity contribution < 1.29 is 4.79 Å². The zero-order chi connectivity index (χ0) is 11.5. The molecule has 5 heteroatoms. The minimum Gasteiger partial charge on any atom is -0.347 e. The lowest BCUT2D eigenvalue weighted by Crippen LogP contribution is -2.35. The van der Waals surface area contributed by atoms with Crippen molar-refractivity contribution in [3.05, 3.63) is 22.4 Å². The molecule has 1 atom stereocenters. The molecule has 0 aromatic carbocycles. The van der Waals surface area contributed by atoms with Crippen LogP contribution >= 0.6 is 27.7 Å². The van der Waals surface area contributed by atoms with Crippen molar-refractivity contribution in [3.8, 4) is 0 Å². The Balaban J connectivity index is 2.07. The molecule has 16 heavy (non-hydrogen) atoms. The van der Waals surface area contributed by atoms with E-state index < -0.39 is 0 Å². The monoisotopic (exact) mass is 302 g/mol. The third-order valence-electron chi connectivity index (χ3n) is 2.70. The van der Waals surface area contributed by atoms with E-state index in [9.17, 15) is 4.79 Å². The minimum absolute atomic E-state index is 0.0417. The van der Waals surface area contributed by atoms with Crippen LogP contribution in [-0.2, 0) is 6.54 Å². The Hall–Kier alpha value is -0.420. The second kappa shape index (κ2) is 5.27. The van der Waals surface area contributed by atoms with Gasteiger partial charge >= 0.3 is 0 Å². The predicted octanol–water partition coefficient (Wildman–Crippen LogP) is 2.51. The van der Waals surface area contributed by atoms with Crippen molar-refractivity contribution in [2.75, 3.05) is 11.5 Å². The van der Waals surface area contributed by atoms with Gasteiger partial charge in [-0.05, 0) is 41.1 Å². The van der Waals surface area contributed by atoms with Crippen molar-refractivity contribution in [2.24, 2.45) is 0 Å². The standard InChI is InChI=1S/C11H15BrN2OS/c1-2-14-6-8(12)5-10(14)11(15)13-9-3-4-16-7-9/h5-6,9H,2-4,7H2,1H3,(H,13,15). The Bertz CT molecular complexity index is 385. The summed E-state index contributed by atoms with van der Waals surface area (Å²) in [6.45, 7) is 2.85. The van der Waals surface area contributed by atoms with E-state index in [-0.39, 0.29) is 5.91 Å². The van der Waals surface area contributed by atoms with Crippen molar-refractivity contribution in [1.29, 1.82) is 0 Å². The van der Waals surface area contributed by atoms with Crippen LogP contribution in [0.1, 0.15) is 23.8 Å². The number of nitrogens with one attached hydrogen (secondary N) is 1. The molecule has 2 rings (SSSR count). The van der Waals surface area contributed by atoms with Crippen molar-refractivity contribution in [2.45, 2.75) is 25.9 Å². The van der Waals surface area contributed by atoms with E-state index in [4.69, 9.17) is 0 Å². The molecule has 1 aliphatic rings. The number of aryl methyl sites for hydroxylation is 1. The molecular weight excluding hydrogens is 288 g/mol. The first-order valence-corrected chi connectivity index (χ1v) is 7.39. The van der Waals surface area contributed by atoms with Crippen LogP contribution in [0.2, 0.25) is 0 Å². The largest absolute Gasteiger partial charge is 0.347 e. The molecule has 0 bridgehead atoms. The van der Waals surface area contributed by atoms with E-state index in [1.54, 1.807) is 0 Å². The van der Waals surface area contributed by atoms with E-state index in [1.807, 2.05) is 35.5 Å². The van der Waals surface area contributed by atoms with Gasteiger partial charge in [0.2, 0.25) is 0 Å². The number of thioether (sulfide) groups is 1. The first-order chi connectivity index (χ1) is 7.70. The van der Waals surface area contributed by atoms with Crippen LogP contribution < -0.4 is 5.32 Å². The van der Waals surface area contributed by atoms with Gasteiger partial charge < -0.3 is 9.88 Å². The quantitative estimate of drug-likeness (QED) is 0.931. The molecular formula is C11H15BrN2OS. The van der Waals surface area contributed by atoms with E-state index in [0.29, 0.717) is 6.04 Å². The molecule has 1 N–H and O–H groups in total. The predicted molar refractivity (Wildman–Crippen MR) is 71.0 cm³/mol. The van der Waals surface area contributed by atoms with Crippen molar-refractivity contribution in [3.63, 3.8) is 0 Å². The number of nitrogens with zero attached hydrogens (tertiary/aromatic N) is 1. The average Bonchev–Trinajstić information content (AvgIpc) is 2.86. The SMILES string of the molecule is CCn1cc(Br)cc1C(=O)NC1CCSC1. The summed E-state index contributed by atoms with van der Waals surface area (Å²) >= 11 is 5.30. The lowest BCUT2D eigenvalue weighted by atomic mass is 10.2. The average molecular weight is 303 g/mol. The molecule has 1 saturated heterocycles. The number of hydrogen-bond donors (Lipinski definition) is 1. The third-order valence-corrected chi connectivity index (χ3v) is 4.30. The maximum atomic E-state index is 12.0. The summed E-state index contributed by atoms with van der Waals surface area (Å²) in [5, 5.41) is 3.08. The van der Waals surface area contributed by atoms with Gasteiger partial charge in [0.1, 0.15) is 5.69 Å². The normalized spacial score (nSPS) is 20.0. The zero-order valence-electron chi connectivity index (χ0n) is 9.20. The second-order valence-electron chi connectivity index (χ2n) is 3.86. The number of carbonyl (C=O) groups is 1. The summed E-state index contributed by atoms with van der Waals surface area (Å²) in [4.78, 5) is 12.0. The topological polar surface area (TPSA) is 34.0 Å². The van der Waals surface area contributed by atoms with Gasteiger partial charge in [0, 0.05) is 29.0 Å². The van der Waals surface area contributed by atoms with Crippen molar-refractivity contribution >= 4 is 33.6 Å². The fourth-order valence-corrected chi connectivity index (χ4v) is 3.45. The number of aromatic nitrogens is 1. The highest BCUT2D eigenvalue weighted by atomic mass is 79.9. The molecule has 1 aliphatic heterocycles. The minimum atomic E-state index is 0.0417. The molecule has 1 amide bonds. The van der Waals surface area contributed by atoms with Gasteiger partial charge in [0.05, 0.1) is 0 Å². The number of amides is 1. The summed E-state index contributed by atoms with van der Waals surface area (Å²) in [7, 11) is 0. The van der Waals surface area contributed by atoms with Gasteiger partial charge in [0.25, 0.3) is 5.91 Å². The summed E-state index contributed by atoms with van der Waals surface area (Å²) in [5.74, 6) is 2.24. The first-order valence-electron chi connectivity index (χ1n) is 5.45. The number of carbonyl (C=O) groups excluding carboxylic acids is 1. The fourth-order valence-electron chi connectivity index (χ4n) is 1.83. The van der Waals surface area contributed by atoms with Gasteiger partial charge in [-0.3, -0.25) is 4.79 Å². The highest BCUT2D eigenvalue weighted by molar-refractivity contribution is 9.10. The maximum absolute atomic E-state index is 12.0. The number of halogens is 1. The summed E-state index contributed by atoms with van der Waals surface area (Å²) in [5.41, 5.74) is 0.742. The molecule has 0 spiro atoms. The number of rotatable bonds is 3. The Morgan fingerprint density at radius 1 is 1.75 bits per heavy atom. The molecule has 1 fully saturated rings. The van der Waals surface area contributed by atoms with Gasteiger partial charge in [-0.2, -0.15) is 11.8 Å². The first kappa shape index (κ1) is 12.0. The number of hydrogen-bond acceptors (Lipinski definition) is 2. The van der Waals surface area contributed by atoms with Gasteiger partial charge in [0.15, 0.2) is 0 Å². The summed E-state index contributed by atoms with van der Waals surface area (Å²) in [6.07, 6.45) is 3.03. The van der Waals surface area contributed by atoms with E-state index in [0.717, 1.165) is 34.6 Å². The van der Waals surface area contributed by atoms with E-state index >= 15 is 0 Å². The Kier molecular flexibility index (Phi) is 3.97. The van der Waals surface area contributed by atoms with Crippen LogP contribution in [0.4, 0.5) is 0 Å². The zero-order valence-corrected chi connectivity index (χ0v) is 11.6. The molecule has 88 valence electrons. The molecule has 2 heterocycles. The van der Waals surface area contributed by atoms with E-state index in [2.05, 4.69) is 21.2 Å². The maximum Gasteiger partial charge on any atom is 0.268 e. The fraction of sp³-hybridized carbons (Fsp3) is 0.545. The Labute approximate surface area is 108 Å². The van der Waals surface area contributed by atoms with Gasteiger partial charge in [-0.1, -0.05) is 0 Å².